The molecular weight excluding hydrogens is 548 g/mol. The Morgan fingerprint density at radius 2 is 1.55 bits per heavy atom. The molecule has 0 bridgehead atoms. The first-order valence-corrected chi connectivity index (χ1v) is 15.9. The van der Waals surface area contributed by atoms with E-state index in [9.17, 15) is 18.5 Å². The summed E-state index contributed by atoms with van der Waals surface area (Å²) in [7, 11) is -2.22. The van der Waals surface area contributed by atoms with E-state index in [1.54, 1.807) is 37.4 Å². The van der Waals surface area contributed by atoms with Gasteiger partial charge in [-0.25, -0.2) is 13.2 Å². The van der Waals surface area contributed by atoms with Gasteiger partial charge in [-0.05, 0) is 49.4 Å². The predicted octanol–water partition coefficient (Wildman–Crippen LogP) is 5.28. The number of benzene rings is 3. The lowest BCUT2D eigenvalue weighted by atomic mass is 9.78. The maximum atomic E-state index is 13.3. The number of hydrogen-bond donors (Lipinski definition) is 0. The number of rotatable bonds is 12. The number of amides is 1. The second-order valence-electron chi connectivity index (χ2n) is 10.8. The minimum atomic E-state index is -3.76. The normalized spacial score (nSPS) is 16.0. The maximum absolute atomic E-state index is 13.3. The van der Waals surface area contributed by atoms with Gasteiger partial charge in [0.15, 0.2) is 0 Å². The molecule has 1 unspecified atom stereocenters. The number of nitrogens with zero attached hydrogens (tertiary/aromatic N) is 4. The molecule has 1 aliphatic heterocycles. The van der Waals surface area contributed by atoms with Crippen LogP contribution in [0.2, 0.25) is 0 Å². The SMILES string of the molecule is CCN(C(=O)OCc1ccccc1)C1CCN(CCC(C#N)(CN(C)S(=O)(=O)c2ccccc2)c2ccccc2)CC1. The number of likely N-dealkylation sites (tertiary alicyclic amines) is 1. The van der Waals surface area contributed by atoms with Crippen LogP contribution in [0.3, 0.4) is 0 Å². The van der Waals surface area contributed by atoms with Crippen molar-refractivity contribution in [1.82, 2.24) is 14.1 Å². The molecular formula is C33H40N4O4S. The molecule has 8 nitrogen and oxygen atoms in total. The van der Waals surface area contributed by atoms with Gasteiger partial charge in [-0.1, -0.05) is 78.9 Å². The summed E-state index contributed by atoms with van der Waals surface area (Å²) in [6.45, 7) is 5.03. The molecule has 0 saturated carbocycles. The number of hydrogen-bond acceptors (Lipinski definition) is 6. The Balaban J connectivity index is 1.39. The van der Waals surface area contributed by atoms with Crippen molar-refractivity contribution in [1.29, 1.82) is 5.26 Å². The zero-order chi connectivity index (χ0) is 30.0. The van der Waals surface area contributed by atoms with E-state index < -0.39 is 15.4 Å². The van der Waals surface area contributed by atoms with Crippen LogP contribution in [0.15, 0.2) is 95.9 Å². The summed E-state index contributed by atoms with van der Waals surface area (Å²) in [5.74, 6) is 0. The van der Waals surface area contributed by atoms with Crippen molar-refractivity contribution < 1.29 is 17.9 Å². The van der Waals surface area contributed by atoms with Crippen LogP contribution in [-0.4, -0.2) is 74.4 Å². The smallest absolute Gasteiger partial charge is 0.410 e. The van der Waals surface area contributed by atoms with Gasteiger partial charge in [-0.2, -0.15) is 9.57 Å². The van der Waals surface area contributed by atoms with Gasteiger partial charge < -0.3 is 14.5 Å². The van der Waals surface area contributed by atoms with Gasteiger partial charge in [-0.15, -0.1) is 0 Å². The van der Waals surface area contributed by atoms with E-state index in [1.165, 1.54) is 4.31 Å². The summed E-state index contributed by atoms with van der Waals surface area (Å²) < 4.78 is 33.6. The molecule has 4 rings (SSSR count). The summed E-state index contributed by atoms with van der Waals surface area (Å²) >= 11 is 0. The lowest BCUT2D eigenvalue weighted by Gasteiger charge is -2.39. The van der Waals surface area contributed by atoms with Gasteiger partial charge in [0.1, 0.15) is 6.61 Å². The number of piperidine rings is 1. The second kappa shape index (κ2) is 14.5. The minimum Gasteiger partial charge on any atom is -0.445 e. The highest BCUT2D eigenvalue weighted by molar-refractivity contribution is 7.89. The Morgan fingerprint density at radius 3 is 2.12 bits per heavy atom. The third kappa shape index (κ3) is 7.57. The Kier molecular flexibility index (Phi) is 10.7. The van der Waals surface area contributed by atoms with Gasteiger partial charge in [0.2, 0.25) is 10.0 Å². The van der Waals surface area contributed by atoms with Crippen molar-refractivity contribution in [2.75, 3.05) is 39.8 Å². The third-order valence-electron chi connectivity index (χ3n) is 8.12. The zero-order valence-corrected chi connectivity index (χ0v) is 25.2. The first-order valence-electron chi connectivity index (χ1n) is 14.5. The Morgan fingerprint density at radius 1 is 0.976 bits per heavy atom. The van der Waals surface area contributed by atoms with E-state index in [0.717, 1.165) is 37.1 Å². The van der Waals surface area contributed by atoms with Crippen LogP contribution in [0.5, 0.6) is 0 Å². The molecule has 0 aromatic heterocycles. The monoisotopic (exact) mass is 588 g/mol. The Hall–Kier alpha value is -3.71. The molecule has 3 aromatic carbocycles. The van der Waals surface area contributed by atoms with Crippen LogP contribution in [0.4, 0.5) is 4.79 Å². The largest absolute Gasteiger partial charge is 0.445 e. The van der Waals surface area contributed by atoms with Crippen LogP contribution in [0.1, 0.15) is 37.3 Å². The van der Waals surface area contributed by atoms with E-state index in [4.69, 9.17) is 4.74 Å². The molecule has 0 aliphatic carbocycles. The molecule has 9 heteroatoms. The second-order valence-corrected chi connectivity index (χ2v) is 12.8. The van der Waals surface area contributed by atoms with Crippen molar-refractivity contribution in [2.45, 2.75) is 49.1 Å². The molecule has 1 aliphatic rings. The standard InChI is InChI=1S/C33H40N4O4S/c1-3-37(32(38)41-25-28-13-7-4-8-14-28)30-19-22-36(23-20-30)24-21-33(26-34,29-15-9-5-10-16-29)27-35(2)42(39,40)31-17-11-6-12-18-31/h4-18,30H,3,19-25,27H2,1-2H3. The van der Waals surface area contributed by atoms with Gasteiger partial charge >= 0.3 is 6.09 Å². The fourth-order valence-electron chi connectivity index (χ4n) is 5.61. The summed E-state index contributed by atoms with van der Waals surface area (Å²) in [6, 6.07) is 30.0. The summed E-state index contributed by atoms with van der Waals surface area (Å²) in [4.78, 5) is 17.2. The minimum absolute atomic E-state index is 0.0398. The highest BCUT2D eigenvalue weighted by Crippen LogP contribution is 2.31. The third-order valence-corrected chi connectivity index (χ3v) is 9.93. The first-order chi connectivity index (χ1) is 20.3. The molecule has 42 heavy (non-hydrogen) atoms. The Labute approximate surface area is 250 Å². The van der Waals surface area contributed by atoms with E-state index in [-0.39, 0.29) is 30.2 Å². The van der Waals surface area contributed by atoms with Crippen molar-refractivity contribution >= 4 is 16.1 Å². The topological polar surface area (TPSA) is 93.9 Å². The lowest BCUT2D eigenvalue weighted by molar-refractivity contribution is 0.0622. The summed E-state index contributed by atoms with van der Waals surface area (Å²) in [5.41, 5.74) is 0.736. The van der Waals surface area contributed by atoms with E-state index in [1.807, 2.05) is 72.5 Å². The molecule has 1 saturated heterocycles. The van der Waals surface area contributed by atoms with E-state index in [2.05, 4.69) is 11.0 Å². The van der Waals surface area contributed by atoms with Gasteiger partial charge in [0.25, 0.3) is 0 Å². The number of nitriles is 1. The quantitative estimate of drug-likeness (QED) is 0.286. The molecule has 3 aromatic rings. The fraction of sp³-hybridized carbons (Fsp3) is 0.394. The number of sulfonamides is 1. The first kappa shape index (κ1) is 31.2. The molecule has 0 N–H and O–H groups in total. The molecule has 1 heterocycles. The van der Waals surface area contributed by atoms with Gasteiger partial charge in [-0.3, -0.25) is 0 Å². The van der Waals surface area contributed by atoms with E-state index >= 15 is 0 Å². The van der Waals surface area contributed by atoms with Crippen molar-refractivity contribution in [3.63, 3.8) is 0 Å². The van der Waals surface area contributed by atoms with Gasteiger partial charge in [0, 0.05) is 45.8 Å². The molecule has 1 fully saturated rings. The van der Waals surface area contributed by atoms with Crippen LogP contribution >= 0.6 is 0 Å². The zero-order valence-electron chi connectivity index (χ0n) is 24.4. The average Bonchev–Trinajstić information content (AvgIpc) is 3.04. The van der Waals surface area contributed by atoms with Crippen LogP contribution in [0.25, 0.3) is 0 Å². The average molecular weight is 589 g/mol. The van der Waals surface area contributed by atoms with Crippen molar-refractivity contribution in [3.05, 3.63) is 102 Å². The van der Waals surface area contributed by atoms with Crippen LogP contribution < -0.4 is 0 Å². The summed E-state index contributed by atoms with van der Waals surface area (Å²) in [5, 5.41) is 10.5. The van der Waals surface area contributed by atoms with E-state index in [0.29, 0.717) is 19.5 Å². The predicted molar refractivity (Wildman–Crippen MR) is 163 cm³/mol. The lowest BCUT2D eigenvalue weighted by Crippen LogP contribution is -2.49. The highest BCUT2D eigenvalue weighted by atomic mass is 32.2. The maximum Gasteiger partial charge on any atom is 0.410 e. The number of carbonyl (C=O) groups excluding carboxylic acids is 1. The van der Waals surface area contributed by atoms with Crippen LogP contribution in [-0.2, 0) is 26.8 Å². The number of likely N-dealkylation sites (N-methyl/N-ethyl adjacent to an activating group) is 1. The van der Waals surface area contributed by atoms with Gasteiger partial charge in [0.05, 0.1) is 16.4 Å². The van der Waals surface area contributed by atoms with Crippen molar-refractivity contribution in [3.8, 4) is 6.07 Å². The molecule has 0 radical (unpaired) electrons. The van der Waals surface area contributed by atoms with Crippen LogP contribution in [0, 0.1) is 11.3 Å². The number of ether oxygens (including phenoxy) is 1. The van der Waals surface area contributed by atoms with Crippen molar-refractivity contribution in [2.24, 2.45) is 0 Å². The number of carbonyl (C=O) groups is 1. The highest BCUT2D eigenvalue weighted by Gasteiger charge is 2.38. The summed E-state index contributed by atoms with van der Waals surface area (Å²) in [6.07, 6.45) is 1.79. The Bertz CT molecular complexity index is 1420. The molecule has 0 spiro atoms. The molecule has 1 amide bonds. The molecule has 1 atom stereocenters. The fourth-order valence-corrected chi connectivity index (χ4v) is 6.86. The molecule has 222 valence electrons.